The van der Waals surface area contributed by atoms with Crippen LogP contribution in [-0.2, 0) is 4.79 Å². The van der Waals surface area contributed by atoms with Gasteiger partial charge in [-0.3, -0.25) is 14.7 Å². The first kappa shape index (κ1) is 18.1. The van der Waals surface area contributed by atoms with E-state index >= 15 is 0 Å². The molecule has 1 unspecified atom stereocenters. The average Bonchev–Trinajstić information content (AvgIpc) is 2.95. The first-order valence-electron chi connectivity index (χ1n) is 9.01. The van der Waals surface area contributed by atoms with Crippen LogP contribution < -0.4 is 0 Å². The summed E-state index contributed by atoms with van der Waals surface area (Å²) in [7, 11) is 0. The Labute approximate surface area is 153 Å². The number of aryl methyl sites for hydroxylation is 1. The predicted molar refractivity (Wildman–Crippen MR) is 97.4 cm³/mol. The van der Waals surface area contributed by atoms with Crippen molar-refractivity contribution in [2.75, 3.05) is 19.6 Å². The van der Waals surface area contributed by atoms with E-state index in [0.717, 1.165) is 6.42 Å². The predicted octanol–water partition coefficient (Wildman–Crippen LogP) is 2.18. The molecule has 0 radical (unpaired) electrons. The van der Waals surface area contributed by atoms with Crippen molar-refractivity contribution in [1.82, 2.24) is 25.0 Å². The van der Waals surface area contributed by atoms with Crippen LogP contribution in [0.1, 0.15) is 48.3 Å². The second-order valence-corrected chi connectivity index (χ2v) is 6.95. The Bertz CT molecular complexity index is 771. The zero-order chi connectivity index (χ0) is 18.7. The van der Waals surface area contributed by atoms with Gasteiger partial charge in [0.25, 0.3) is 5.91 Å². The highest BCUT2D eigenvalue weighted by molar-refractivity contribution is 5.94. The maximum Gasteiger partial charge on any atom is 0.254 e. The second kappa shape index (κ2) is 7.68. The van der Waals surface area contributed by atoms with Crippen LogP contribution in [0, 0.1) is 12.8 Å². The van der Waals surface area contributed by atoms with Crippen molar-refractivity contribution in [3.05, 3.63) is 47.5 Å². The van der Waals surface area contributed by atoms with Crippen molar-refractivity contribution in [3.63, 3.8) is 0 Å². The summed E-state index contributed by atoms with van der Waals surface area (Å²) in [5.74, 6) is 1.20. The lowest BCUT2D eigenvalue weighted by atomic mass is 10.1. The maximum absolute atomic E-state index is 13.1. The summed E-state index contributed by atoms with van der Waals surface area (Å²) >= 11 is 0. The molecule has 1 aliphatic rings. The van der Waals surface area contributed by atoms with E-state index in [1.54, 1.807) is 4.90 Å². The molecule has 7 heteroatoms. The molecular weight excluding hydrogens is 330 g/mol. The number of hydrogen-bond acceptors (Lipinski definition) is 4. The third kappa shape index (κ3) is 3.76. The van der Waals surface area contributed by atoms with Crippen molar-refractivity contribution in [2.45, 2.75) is 33.2 Å². The van der Waals surface area contributed by atoms with Gasteiger partial charge in [0, 0.05) is 31.1 Å². The van der Waals surface area contributed by atoms with Crippen molar-refractivity contribution < 1.29 is 9.59 Å². The molecule has 1 N–H and O–H groups in total. The van der Waals surface area contributed by atoms with E-state index in [4.69, 9.17) is 0 Å². The molecule has 1 aliphatic heterocycles. The van der Waals surface area contributed by atoms with Crippen LogP contribution in [0.3, 0.4) is 0 Å². The summed E-state index contributed by atoms with van der Waals surface area (Å²) in [4.78, 5) is 33.7. The number of amides is 2. The van der Waals surface area contributed by atoms with Gasteiger partial charge in [-0.15, -0.1) is 0 Å². The van der Waals surface area contributed by atoms with Gasteiger partial charge in [0.2, 0.25) is 5.91 Å². The van der Waals surface area contributed by atoms with Crippen molar-refractivity contribution in [2.24, 2.45) is 5.92 Å². The number of H-pyrrole nitrogens is 1. The van der Waals surface area contributed by atoms with Crippen molar-refractivity contribution in [3.8, 4) is 0 Å². The number of nitrogens with zero attached hydrogens (tertiary/aromatic N) is 4. The van der Waals surface area contributed by atoms with Gasteiger partial charge >= 0.3 is 0 Å². The van der Waals surface area contributed by atoms with E-state index in [0.29, 0.717) is 36.8 Å². The molecule has 3 rings (SSSR count). The molecular formula is C19H25N5O2. The summed E-state index contributed by atoms with van der Waals surface area (Å²) in [6, 6.07) is 8.85. The largest absolute Gasteiger partial charge is 0.340 e. The Morgan fingerprint density at radius 2 is 1.92 bits per heavy atom. The number of benzene rings is 1. The molecule has 2 amide bonds. The van der Waals surface area contributed by atoms with Crippen LogP contribution in [0.25, 0.3) is 0 Å². The topological polar surface area (TPSA) is 82.2 Å². The summed E-state index contributed by atoms with van der Waals surface area (Å²) in [6.45, 7) is 7.22. The van der Waals surface area contributed by atoms with E-state index in [2.05, 4.69) is 15.2 Å². The van der Waals surface area contributed by atoms with Gasteiger partial charge in [-0.2, -0.15) is 5.10 Å². The minimum atomic E-state index is -0.363. The molecule has 0 saturated carbocycles. The molecule has 7 nitrogen and oxygen atoms in total. The fourth-order valence-corrected chi connectivity index (χ4v) is 3.27. The van der Waals surface area contributed by atoms with Crippen LogP contribution in [0.2, 0.25) is 0 Å². The molecule has 1 aromatic heterocycles. The van der Waals surface area contributed by atoms with Gasteiger partial charge in [-0.05, 0) is 25.5 Å². The summed E-state index contributed by atoms with van der Waals surface area (Å²) in [6.07, 6.45) is 0.733. The molecule has 2 aromatic rings. The normalized spacial score (nSPS) is 18.1. The lowest BCUT2D eigenvalue weighted by Crippen LogP contribution is -2.41. The maximum atomic E-state index is 13.1. The average molecular weight is 355 g/mol. The minimum absolute atomic E-state index is 0.0584. The number of nitrogens with one attached hydrogen (secondary N) is 1. The Morgan fingerprint density at radius 1 is 1.19 bits per heavy atom. The fraction of sp³-hybridized carbons (Fsp3) is 0.474. The summed E-state index contributed by atoms with van der Waals surface area (Å²) in [5, 5.41) is 7.13. The van der Waals surface area contributed by atoms with Crippen molar-refractivity contribution in [1.29, 1.82) is 0 Å². The smallest absolute Gasteiger partial charge is 0.254 e. The second-order valence-electron chi connectivity index (χ2n) is 6.95. The molecule has 0 bridgehead atoms. The molecule has 0 spiro atoms. The molecule has 1 aromatic carbocycles. The number of hydrogen-bond donors (Lipinski definition) is 1. The highest BCUT2D eigenvalue weighted by Crippen LogP contribution is 2.25. The number of carbonyl (C=O) groups excluding carboxylic acids is 2. The minimum Gasteiger partial charge on any atom is -0.340 e. The Balaban J connectivity index is 1.93. The van der Waals surface area contributed by atoms with E-state index < -0.39 is 0 Å². The zero-order valence-corrected chi connectivity index (χ0v) is 15.5. The SMILES string of the molecule is Cc1nc(C2CN(C(=O)C(C)C)CCCN2C(=O)c2ccccc2)n[nH]1. The third-order valence-corrected chi connectivity index (χ3v) is 4.60. The van der Waals surface area contributed by atoms with Gasteiger partial charge < -0.3 is 9.80 Å². The van der Waals surface area contributed by atoms with Crippen LogP contribution in [0.4, 0.5) is 0 Å². The first-order chi connectivity index (χ1) is 12.5. The van der Waals surface area contributed by atoms with E-state index in [-0.39, 0.29) is 23.8 Å². The Kier molecular flexibility index (Phi) is 5.35. The first-order valence-corrected chi connectivity index (χ1v) is 9.01. The number of rotatable bonds is 3. The van der Waals surface area contributed by atoms with Gasteiger partial charge in [0.05, 0.1) is 0 Å². The highest BCUT2D eigenvalue weighted by atomic mass is 16.2. The monoisotopic (exact) mass is 355 g/mol. The molecule has 1 atom stereocenters. The Hall–Kier alpha value is -2.70. The summed E-state index contributed by atoms with van der Waals surface area (Å²) < 4.78 is 0. The molecule has 1 fully saturated rings. The highest BCUT2D eigenvalue weighted by Gasteiger charge is 2.34. The lowest BCUT2D eigenvalue weighted by molar-refractivity contribution is -0.134. The van der Waals surface area contributed by atoms with Crippen LogP contribution in [0.15, 0.2) is 30.3 Å². The van der Waals surface area contributed by atoms with E-state index in [9.17, 15) is 9.59 Å². The standard InChI is InChI=1S/C19H25N5O2/c1-13(2)18(25)23-10-7-11-24(19(26)15-8-5-4-6-9-15)16(12-23)17-20-14(3)21-22-17/h4-6,8-9,13,16H,7,10-12H2,1-3H3,(H,20,21,22). The fourth-order valence-electron chi connectivity index (χ4n) is 3.27. The quantitative estimate of drug-likeness (QED) is 0.915. The lowest BCUT2D eigenvalue weighted by Gasteiger charge is -2.30. The zero-order valence-electron chi connectivity index (χ0n) is 15.5. The van der Waals surface area contributed by atoms with Gasteiger partial charge in [-0.25, -0.2) is 4.98 Å². The molecule has 1 saturated heterocycles. The van der Waals surface area contributed by atoms with Gasteiger partial charge in [-0.1, -0.05) is 32.0 Å². The van der Waals surface area contributed by atoms with E-state index in [1.807, 2.05) is 56.0 Å². The van der Waals surface area contributed by atoms with Crippen LogP contribution in [-0.4, -0.2) is 56.4 Å². The van der Waals surface area contributed by atoms with E-state index in [1.165, 1.54) is 0 Å². The Morgan fingerprint density at radius 3 is 2.54 bits per heavy atom. The summed E-state index contributed by atoms with van der Waals surface area (Å²) in [5.41, 5.74) is 0.633. The number of aromatic amines is 1. The third-order valence-electron chi connectivity index (χ3n) is 4.60. The number of aromatic nitrogens is 3. The van der Waals surface area contributed by atoms with Gasteiger partial charge in [0.15, 0.2) is 5.82 Å². The van der Waals surface area contributed by atoms with Crippen LogP contribution in [0.5, 0.6) is 0 Å². The van der Waals surface area contributed by atoms with Crippen LogP contribution >= 0.6 is 0 Å². The number of carbonyl (C=O) groups is 2. The molecule has 2 heterocycles. The molecule has 0 aliphatic carbocycles. The molecule has 26 heavy (non-hydrogen) atoms. The molecule has 138 valence electrons. The van der Waals surface area contributed by atoms with Crippen molar-refractivity contribution >= 4 is 11.8 Å². The van der Waals surface area contributed by atoms with Gasteiger partial charge in [0.1, 0.15) is 11.9 Å².